The van der Waals surface area contributed by atoms with Gasteiger partial charge < -0.3 is 14.9 Å². The van der Waals surface area contributed by atoms with Crippen LogP contribution in [0.1, 0.15) is 27.0 Å². The molecule has 0 heterocycles. The van der Waals surface area contributed by atoms with Gasteiger partial charge in [0.1, 0.15) is 23.7 Å². The van der Waals surface area contributed by atoms with Gasteiger partial charge in [-0.3, -0.25) is 0 Å². The van der Waals surface area contributed by atoms with Gasteiger partial charge in [0.25, 0.3) is 0 Å². The molecule has 0 saturated heterocycles. The number of ether oxygens (including phenoxy) is 1. The first-order chi connectivity index (χ1) is 15.9. The Morgan fingerprint density at radius 1 is 0.971 bits per heavy atom. The van der Waals surface area contributed by atoms with E-state index < -0.39 is 39.0 Å². The molecule has 180 valence electrons. The number of hydrogen-bond acceptors (Lipinski definition) is 5. The Morgan fingerprint density at radius 2 is 1.53 bits per heavy atom. The molecule has 0 aliphatic rings. The lowest BCUT2D eigenvalue weighted by molar-refractivity contribution is -0.138. The summed E-state index contributed by atoms with van der Waals surface area (Å²) in [6.45, 7) is -0.374. The predicted molar refractivity (Wildman–Crippen MR) is 118 cm³/mol. The molecule has 0 amide bonds. The number of carboxylic acids is 1. The molecule has 34 heavy (non-hydrogen) atoms. The van der Waals surface area contributed by atoms with Gasteiger partial charge in [0.2, 0.25) is 10.0 Å². The first-order valence-corrected chi connectivity index (χ1v) is 11.5. The summed E-state index contributed by atoms with van der Waals surface area (Å²) in [7, 11) is -2.04. The fourth-order valence-electron chi connectivity index (χ4n) is 3.21. The number of carbonyl (C=O) groups is 1. The highest BCUT2D eigenvalue weighted by Gasteiger charge is 2.36. The van der Waals surface area contributed by atoms with Crippen molar-refractivity contribution >= 4 is 16.0 Å². The molecule has 0 unspecified atom stereocenters. The molecule has 0 aromatic heterocycles. The zero-order valence-corrected chi connectivity index (χ0v) is 18.6. The Balaban J connectivity index is 1.74. The average molecular weight is 495 g/mol. The molecule has 0 atom stereocenters. The molecular formula is C23H20F3NO6S. The maximum atomic E-state index is 12.9. The Kier molecular flexibility index (Phi) is 7.18. The molecular weight excluding hydrogens is 475 g/mol. The smallest absolute Gasteiger partial charge is 0.419 e. The minimum absolute atomic E-state index is 0.116. The van der Waals surface area contributed by atoms with Crippen molar-refractivity contribution in [1.29, 1.82) is 0 Å². The molecule has 0 aliphatic heterocycles. The van der Waals surface area contributed by atoms with Crippen molar-refractivity contribution in [2.75, 3.05) is 7.05 Å². The van der Waals surface area contributed by atoms with E-state index in [1.807, 2.05) is 0 Å². The summed E-state index contributed by atoms with van der Waals surface area (Å²) in [5.41, 5.74) is -0.188. The third kappa shape index (κ3) is 5.86. The van der Waals surface area contributed by atoms with Gasteiger partial charge in [-0.15, -0.1) is 0 Å². The topological polar surface area (TPSA) is 113 Å². The molecule has 3 aromatic rings. The Bertz CT molecular complexity index is 1290. The van der Waals surface area contributed by atoms with Gasteiger partial charge in [-0.25, -0.2) is 17.9 Å². The Labute approximate surface area is 193 Å². The summed E-state index contributed by atoms with van der Waals surface area (Å²) in [6, 6.07) is 15.1. The van der Waals surface area contributed by atoms with Crippen molar-refractivity contribution in [2.45, 2.75) is 18.5 Å². The summed E-state index contributed by atoms with van der Waals surface area (Å²) in [5, 5.41) is 19.1. The minimum Gasteiger partial charge on any atom is -0.506 e. The molecule has 0 bridgehead atoms. The zero-order valence-electron chi connectivity index (χ0n) is 17.8. The third-order valence-corrected chi connectivity index (χ3v) is 6.32. The monoisotopic (exact) mass is 495 g/mol. The molecule has 0 radical (unpaired) electrons. The summed E-state index contributed by atoms with van der Waals surface area (Å²) < 4.78 is 69.9. The van der Waals surface area contributed by atoms with E-state index in [-0.39, 0.29) is 17.9 Å². The van der Waals surface area contributed by atoms with E-state index in [2.05, 4.69) is 4.72 Å². The molecule has 7 nitrogen and oxygen atoms in total. The van der Waals surface area contributed by atoms with E-state index in [4.69, 9.17) is 4.74 Å². The van der Waals surface area contributed by atoms with Crippen LogP contribution < -0.4 is 9.46 Å². The van der Waals surface area contributed by atoms with E-state index in [9.17, 15) is 36.6 Å². The van der Waals surface area contributed by atoms with Crippen molar-refractivity contribution < 1.29 is 41.3 Å². The molecule has 3 aromatic carbocycles. The SMILES string of the molecule is CNS(=O)(=O)Cc1ccc(-c2ccc(OCc3ccc(C(F)(F)F)c(O)c3C(=O)O)cc2)cc1. The number of carboxylic acid groups (broad SMARTS) is 1. The second-order valence-electron chi connectivity index (χ2n) is 7.27. The third-order valence-electron chi connectivity index (χ3n) is 4.99. The first-order valence-electron chi connectivity index (χ1n) is 9.80. The number of hydrogen-bond donors (Lipinski definition) is 3. The fraction of sp³-hybridized carbons (Fsp3) is 0.174. The number of nitrogens with one attached hydrogen (secondary N) is 1. The molecule has 3 rings (SSSR count). The summed E-state index contributed by atoms with van der Waals surface area (Å²) in [5.74, 6) is -2.88. The van der Waals surface area contributed by atoms with E-state index in [0.717, 1.165) is 17.2 Å². The van der Waals surface area contributed by atoms with Gasteiger partial charge in [0, 0.05) is 5.56 Å². The summed E-state index contributed by atoms with van der Waals surface area (Å²) in [4.78, 5) is 11.4. The number of benzene rings is 3. The maximum Gasteiger partial charge on any atom is 0.419 e. The van der Waals surface area contributed by atoms with Gasteiger partial charge in [-0.2, -0.15) is 13.2 Å². The highest BCUT2D eigenvalue weighted by Crippen LogP contribution is 2.39. The van der Waals surface area contributed by atoms with Crippen LogP contribution in [0, 0.1) is 0 Å². The van der Waals surface area contributed by atoms with Crippen molar-refractivity contribution in [2.24, 2.45) is 0 Å². The number of alkyl halides is 3. The molecule has 3 N–H and O–H groups in total. The molecule has 0 aliphatic carbocycles. The van der Waals surface area contributed by atoms with Crippen molar-refractivity contribution in [3.8, 4) is 22.6 Å². The van der Waals surface area contributed by atoms with Crippen LogP contribution in [0.2, 0.25) is 0 Å². The quantitative estimate of drug-likeness (QED) is 0.427. The van der Waals surface area contributed by atoms with Gasteiger partial charge in [-0.1, -0.05) is 42.5 Å². The lowest BCUT2D eigenvalue weighted by atomic mass is 10.0. The van der Waals surface area contributed by atoms with E-state index in [0.29, 0.717) is 17.4 Å². The normalized spacial score (nSPS) is 11.9. The number of sulfonamides is 1. The second-order valence-corrected chi connectivity index (χ2v) is 9.20. The zero-order chi connectivity index (χ0) is 25.1. The van der Waals surface area contributed by atoms with Crippen molar-refractivity contribution in [1.82, 2.24) is 4.72 Å². The van der Waals surface area contributed by atoms with Crippen LogP contribution in [-0.2, 0) is 28.6 Å². The molecule has 0 fully saturated rings. The number of aromatic hydroxyl groups is 1. The lowest BCUT2D eigenvalue weighted by Crippen LogP contribution is -2.20. The molecule has 11 heteroatoms. The Hall–Kier alpha value is -3.57. The van der Waals surface area contributed by atoms with Crippen LogP contribution >= 0.6 is 0 Å². The fourth-order valence-corrected chi connectivity index (χ4v) is 3.99. The van der Waals surface area contributed by atoms with Gasteiger partial charge >= 0.3 is 12.1 Å². The Morgan fingerprint density at radius 3 is 2.03 bits per heavy atom. The number of halogens is 3. The number of rotatable bonds is 8. The predicted octanol–water partition coefficient (Wildman–Crippen LogP) is 4.40. The van der Waals surface area contributed by atoms with E-state index in [1.54, 1.807) is 48.5 Å². The van der Waals surface area contributed by atoms with Crippen LogP contribution in [0.15, 0.2) is 60.7 Å². The summed E-state index contributed by atoms with van der Waals surface area (Å²) in [6.07, 6.45) is -4.90. The summed E-state index contributed by atoms with van der Waals surface area (Å²) >= 11 is 0. The minimum atomic E-state index is -4.90. The number of aromatic carboxylic acids is 1. The highest BCUT2D eigenvalue weighted by molar-refractivity contribution is 7.88. The van der Waals surface area contributed by atoms with E-state index >= 15 is 0 Å². The van der Waals surface area contributed by atoms with Gasteiger partial charge in [0.15, 0.2) is 0 Å². The number of phenols is 1. The lowest BCUT2D eigenvalue weighted by Gasteiger charge is -2.15. The average Bonchev–Trinajstić information content (AvgIpc) is 2.77. The van der Waals surface area contributed by atoms with E-state index in [1.165, 1.54) is 7.05 Å². The van der Waals surface area contributed by atoms with Crippen LogP contribution in [0.5, 0.6) is 11.5 Å². The molecule has 0 spiro atoms. The van der Waals surface area contributed by atoms with Crippen LogP contribution in [-0.4, -0.2) is 31.6 Å². The van der Waals surface area contributed by atoms with Crippen LogP contribution in [0.25, 0.3) is 11.1 Å². The first kappa shape index (κ1) is 25.1. The highest BCUT2D eigenvalue weighted by atomic mass is 32.2. The van der Waals surface area contributed by atoms with Crippen LogP contribution in [0.3, 0.4) is 0 Å². The standard InChI is InChI=1S/C23H20F3NO6S/c1-27-34(31,32)13-14-2-4-15(5-3-14)16-6-9-18(10-7-16)33-12-17-8-11-19(23(24,25)26)21(28)20(17)22(29)30/h2-11,27-28H,12-13H2,1H3,(H,29,30). The van der Waals surface area contributed by atoms with Gasteiger partial charge in [0.05, 0.1) is 11.3 Å². The second kappa shape index (κ2) is 9.74. The largest absolute Gasteiger partial charge is 0.506 e. The van der Waals surface area contributed by atoms with Crippen molar-refractivity contribution in [3.05, 3.63) is 82.9 Å². The maximum absolute atomic E-state index is 12.9. The van der Waals surface area contributed by atoms with Crippen molar-refractivity contribution in [3.63, 3.8) is 0 Å². The molecule has 0 saturated carbocycles. The van der Waals surface area contributed by atoms with Gasteiger partial charge in [-0.05, 0) is 41.9 Å². The van der Waals surface area contributed by atoms with Crippen LogP contribution in [0.4, 0.5) is 13.2 Å².